The molecule has 1 amide bonds. The molecule has 0 saturated heterocycles. The lowest BCUT2D eigenvalue weighted by Crippen LogP contribution is -2.30. The Morgan fingerprint density at radius 2 is 2.23 bits per heavy atom. The Balaban J connectivity index is 1.43. The van der Waals surface area contributed by atoms with E-state index in [0.717, 1.165) is 11.3 Å². The number of aromatic nitrogens is 4. The van der Waals surface area contributed by atoms with E-state index in [1.54, 1.807) is 33.8 Å². The van der Waals surface area contributed by atoms with E-state index < -0.39 is 0 Å². The maximum atomic E-state index is 13.2. The minimum atomic E-state index is -0.242. The molecule has 1 N–H and O–H groups in total. The third-order valence-corrected chi connectivity index (χ3v) is 6.18. The van der Waals surface area contributed by atoms with Gasteiger partial charge >= 0.3 is 0 Å². The lowest BCUT2D eigenvalue weighted by molar-refractivity contribution is -0.122. The zero-order chi connectivity index (χ0) is 20.7. The lowest BCUT2D eigenvalue weighted by atomic mass is 10.2. The van der Waals surface area contributed by atoms with Crippen LogP contribution in [0, 0.1) is 6.92 Å². The molecule has 1 aliphatic heterocycles. The summed E-state index contributed by atoms with van der Waals surface area (Å²) in [6, 6.07) is 11.2. The second-order valence-corrected chi connectivity index (χ2v) is 8.21. The van der Waals surface area contributed by atoms with Crippen molar-refractivity contribution in [1.82, 2.24) is 24.6 Å². The number of carbonyl (C=O) groups excluding carboxylic acids is 1. The first-order chi connectivity index (χ1) is 14.6. The number of aryl methyl sites for hydroxylation is 1. The van der Waals surface area contributed by atoms with Crippen LogP contribution in [0.25, 0.3) is 16.7 Å². The van der Waals surface area contributed by atoms with Crippen molar-refractivity contribution in [3.8, 4) is 5.69 Å². The largest absolute Gasteiger partial charge is 0.467 e. The number of thioether (sulfide) groups is 1. The molecule has 0 saturated carbocycles. The first kappa shape index (κ1) is 18.7. The highest BCUT2D eigenvalue weighted by Gasteiger charge is 2.29. The molecule has 5 rings (SSSR count). The smallest absolute Gasteiger partial charge is 0.265 e. The molecule has 4 aromatic rings. The number of furan rings is 1. The van der Waals surface area contributed by atoms with Gasteiger partial charge in [0.25, 0.3) is 5.56 Å². The Morgan fingerprint density at radius 1 is 1.33 bits per heavy atom. The Bertz CT molecular complexity index is 1290. The number of fused-ring (bicyclic) bond motifs is 2. The van der Waals surface area contributed by atoms with E-state index in [-0.39, 0.29) is 23.9 Å². The molecule has 4 heterocycles. The molecular formula is C21H19N5O3S. The van der Waals surface area contributed by atoms with Gasteiger partial charge in [-0.25, -0.2) is 9.67 Å². The number of amides is 1. The van der Waals surface area contributed by atoms with E-state index in [1.165, 1.54) is 11.8 Å². The summed E-state index contributed by atoms with van der Waals surface area (Å²) in [5, 5.41) is 8.29. The van der Waals surface area contributed by atoms with Crippen LogP contribution in [0.3, 0.4) is 0 Å². The maximum absolute atomic E-state index is 13.2. The van der Waals surface area contributed by atoms with Crippen molar-refractivity contribution in [2.75, 3.05) is 5.75 Å². The van der Waals surface area contributed by atoms with Gasteiger partial charge < -0.3 is 9.73 Å². The van der Waals surface area contributed by atoms with E-state index in [2.05, 4.69) is 10.4 Å². The van der Waals surface area contributed by atoms with Gasteiger partial charge in [0.2, 0.25) is 5.91 Å². The van der Waals surface area contributed by atoms with Crippen molar-refractivity contribution in [1.29, 1.82) is 0 Å². The van der Waals surface area contributed by atoms with Crippen LogP contribution >= 0.6 is 11.8 Å². The minimum absolute atomic E-state index is 0.132. The molecule has 0 aliphatic carbocycles. The number of rotatable bonds is 5. The van der Waals surface area contributed by atoms with Crippen molar-refractivity contribution in [3.05, 3.63) is 70.5 Å². The Kier molecular flexibility index (Phi) is 4.66. The summed E-state index contributed by atoms with van der Waals surface area (Å²) in [6.45, 7) is 2.33. The Morgan fingerprint density at radius 3 is 3.03 bits per heavy atom. The molecule has 1 aromatic carbocycles. The summed E-state index contributed by atoms with van der Waals surface area (Å²) in [6.07, 6.45) is 3.33. The average Bonchev–Trinajstić information content (AvgIpc) is 3.47. The summed E-state index contributed by atoms with van der Waals surface area (Å²) in [4.78, 5) is 30.3. The van der Waals surface area contributed by atoms with Gasteiger partial charge in [0.1, 0.15) is 11.1 Å². The van der Waals surface area contributed by atoms with Gasteiger partial charge in [-0.3, -0.25) is 14.2 Å². The number of carbonyl (C=O) groups is 1. The van der Waals surface area contributed by atoms with E-state index in [1.807, 2.05) is 31.2 Å². The summed E-state index contributed by atoms with van der Waals surface area (Å²) >= 11 is 1.49. The Labute approximate surface area is 175 Å². The molecule has 0 fully saturated rings. The van der Waals surface area contributed by atoms with E-state index in [9.17, 15) is 9.59 Å². The van der Waals surface area contributed by atoms with Gasteiger partial charge in [-0.15, -0.1) is 0 Å². The van der Waals surface area contributed by atoms with Crippen molar-refractivity contribution < 1.29 is 9.21 Å². The van der Waals surface area contributed by atoms with Crippen LogP contribution in [0.15, 0.2) is 63.2 Å². The lowest BCUT2D eigenvalue weighted by Gasteiger charge is -2.13. The van der Waals surface area contributed by atoms with Crippen LogP contribution < -0.4 is 10.9 Å². The zero-order valence-electron chi connectivity index (χ0n) is 16.2. The fraction of sp³-hybridized carbons (Fsp3) is 0.238. The van der Waals surface area contributed by atoms with Gasteiger partial charge in [-0.1, -0.05) is 23.9 Å². The molecular weight excluding hydrogens is 402 g/mol. The molecule has 1 unspecified atom stereocenters. The highest BCUT2D eigenvalue weighted by atomic mass is 32.2. The fourth-order valence-corrected chi connectivity index (χ4v) is 4.75. The van der Waals surface area contributed by atoms with E-state index in [4.69, 9.17) is 9.40 Å². The maximum Gasteiger partial charge on any atom is 0.265 e. The Hall–Kier alpha value is -3.33. The van der Waals surface area contributed by atoms with Crippen LogP contribution in [-0.4, -0.2) is 31.0 Å². The third-order valence-electron chi connectivity index (χ3n) is 5.08. The second kappa shape index (κ2) is 7.49. The quantitative estimate of drug-likeness (QED) is 0.498. The number of nitrogens with zero attached hydrogens (tertiary/aromatic N) is 4. The molecule has 0 bridgehead atoms. The topological polar surface area (TPSA) is 95.0 Å². The molecule has 8 nitrogen and oxygen atoms in total. The highest BCUT2D eigenvalue weighted by Crippen LogP contribution is 2.33. The fourth-order valence-electron chi connectivity index (χ4n) is 3.61. The highest BCUT2D eigenvalue weighted by molar-refractivity contribution is 7.99. The van der Waals surface area contributed by atoms with Crippen molar-refractivity contribution in [3.63, 3.8) is 0 Å². The molecule has 30 heavy (non-hydrogen) atoms. The van der Waals surface area contributed by atoms with Crippen LogP contribution in [0.5, 0.6) is 0 Å². The first-order valence-corrected chi connectivity index (χ1v) is 10.6. The standard InChI is InChI=1S/C21H19N5O3S/c1-13-4-2-5-14(8-13)26-19-17(11-23-26)20(28)25-15(12-30-21(25)24-19)9-18(27)22-10-16-6-3-7-29-16/h2-8,11,15H,9-10,12H2,1H3,(H,22,27). The van der Waals surface area contributed by atoms with Gasteiger partial charge in [0.15, 0.2) is 10.8 Å². The molecule has 9 heteroatoms. The monoisotopic (exact) mass is 421 g/mol. The second-order valence-electron chi connectivity index (χ2n) is 7.23. The normalized spacial score (nSPS) is 15.4. The number of benzene rings is 1. The van der Waals surface area contributed by atoms with E-state index in [0.29, 0.717) is 34.2 Å². The third kappa shape index (κ3) is 3.30. The van der Waals surface area contributed by atoms with E-state index >= 15 is 0 Å². The van der Waals surface area contributed by atoms with Crippen LogP contribution in [0.2, 0.25) is 0 Å². The molecule has 0 spiro atoms. The predicted octanol–water partition coefficient (Wildman–Crippen LogP) is 2.84. The SMILES string of the molecule is Cc1cccc(-n2ncc3c(=O)n4c(nc32)SCC4CC(=O)NCc2ccco2)c1. The van der Waals surface area contributed by atoms with Crippen LogP contribution in [0.1, 0.15) is 23.8 Å². The van der Waals surface area contributed by atoms with Crippen molar-refractivity contribution in [2.24, 2.45) is 0 Å². The van der Waals surface area contributed by atoms with Crippen molar-refractivity contribution >= 4 is 28.7 Å². The number of hydrogen-bond acceptors (Lipinski definition) is 6. The summed E-state index contributed by atoms with van der Waals surface area (Å²) in [5.74, 6) is 1.18. The van der Waals surface area contributed by atoms with Crippen LogP contribution in [0.4, 0.5) is 0 Å². The van der Waals surface area contributed by atoms with Gasteiger partial charge in [-0.2, -0.15) is 5.10 Å². The van der Waals surface area contributed by atoms with Gasteiger partial charge in [-0.05, 0) is 36.8 Å². The summed E-state index contributed by atoms with van der Waals surface area (Å²) in [7, 11) is 0. The number of nitrogens with one attached hydrogen (secondary N) is 1. The zero-order valence-corrected chi connectivity index (χ0v) is 17.1. The minimum Gasteiger partial charge on any atom is -0.467 e. The number of hydrogen-bond donors (Lipinski definition) is 1. The molecule has 0 radical (unpaired) electrons. The van der Waals surface area contributed by atoms with Crippen LogP contribution in [-0.2, 0) is 11.3 Å². The molecule has 152 valence electrons. The predicted molar refractivity (Wildman–Crippen MR) is 113 cm³/mol. The molecule has 3 aromatic heterocycles. The average molecular weight is 421 g/mol. The van der Waals surface area contributed by atoms with Crippen molar-refractivity contribution in [2.45, 2.75) is 31.1 Å². The first-order valence-electron chi connectivity index (χ1n) is 9.59. The van der Waals surface area contributed by atoms with Gasteiger partial charge in [0, 0.05) is 12.2 Å². The summed E-state index contributed by atoms with van der Waals surface area (Å²) in [5.41, 5.74) is 2.33. The van der Waals surface area contributed by atoms with Gasteiger partial charge in [0.05, 0.1) is 30.7 Å². The molecule has 1 atom stereocenters. The molecule has 1 aliphatic rings. The summed E-state index contributed by atoms with van der Waals surface area (Å²) < 4.78 is 8.55.